The Kier molecular flexibility index (Phi) is 7.29. The summed E-state index contributed by atoms with van der Waals surface area (Å²) in [6.07, 6.45) is 5.58. The van der Waals surface area contributed by atoms with Crippen molar-refractivity contribution >= 4 is 43.2 Å². The highest BCUT2D eigenvalue weighted by molar-refractivity contribution is 7.92. The van der Waals surface area contributed by atoms with Gasteiger partial charge in [-0.2, -0.15) is 4.99 Å². The first-order valence-electron chi connectivity index (χ1n) is 11.1. The number of carbonyl (C=O) groups is 1. The summed E-state index contributed by atoms with van der Waals surface area (Å²) in [4.78, 5) is 18.0. The predicted molar refractivity (Wildman–Crippen MR) is 143 cm³/mol. The number of hydrogen-bond acceptors (Lipinski definition) is 5. The predicted octanol–water partition coefficient (Wildman–Crippen LogP) is 5.01. The van der Waals surface area contributed by atoms with Crippen molar-refractivity contribution in [2.24, 2.45) is 4.99 Å². The van der Waals surface area contributed by atoms with E-state index in [2.05, 4.69) is 41.6 Å². The number of anilines is 1. The highest BCUT2D eigenvalue weighted by Gasteiger charge is 2.16. The molecule has 4 aromatic rings. The molecule has 0 atom stereocenters. The van der Waals surface area contributed by atoms with E-state index >= 15 is 0 Å². The first-order chi connectivity index (χ1) is 17.2. The summed E-state index contributed by atoms with van der Waals surface area (Å²) in [6, 6.07) is 18.4. The maximum absolute atomic E-state index is 13.1. The van der Waals surface area contributed by atoms with Crippen molar-refractivity contribution in [2.45, 2.75) is 31.2 Å². The summed E-state index contributed by atoms with van der Waals surface area (Å²) >= 11 is 1.39. The largest absolute Gasteiger partial charge is 0.497 e. The van der Waals surface area contributed by atoms with Crippen LogP contribution in [0.2, 0.25) is 0 Å². The zero-order chi connectivity index (χ0) is 25.9. The van der Waals surface area contributed by atoms with Crippen LogP contribution in [-0.4, -0.2) is 26.0 Å². The Morgan fingerprint density at radius 1 is 1.14 bits per heavy atom. The number of sulfonamides is 1. The second-order valence-corrected chi connectivity index (χ2v) is 11.0. The van der Waals surface area contributed by atoms with Gasteiger partial charge in [0.05, 0.1) is 28.8 Å². The SMILES string of the molecule is C#CCn1c(=NC(=O)c2cccc(NS(=O)(=O)c3ccc(OC)cc3)c2)sc2cc(C(C)C)ccc21. The minimum absolute atomic E-state index is 0.0751. The Morgan fingerprint density at radius 2 is 1.89 bits per heavy atom. The Labute approximate surface area is 214 Å². The molecule has 0 radical (unpaired) electrons. The molecule has 0 saturated heterocycles. The number of nitrogens with zero attached hydrogens (tertiary/aromatic N) is 2. The van der Waals surface area contributed by atoms with Gasteiger partial charge in [0.1, 0.15) is 5.75 Å². The molecule has 36 heavy (non-hydrogen) atoms. The maximum Gasteiger partial charge on any atom is 0.279 e. The molecule has 9 heteroatoms. The lowest BCUT2D eigenvalue weighted by molar-refractivity contribution is 0.0998. The smallest absolute Gasteiger partial charge is 0.279 e. The summed E-state index contributed by atoms with van der Waals surface area (Å²) < 4.78 is 36.0. The van der Waals surface area contributed by atoms with Crippen LogP contribution in [0.4, 0.5) is 5.69 Å². The fraction of sp³-hybridized carbons (Fsp3) is 0.185. The monoisotopic (exact) mass is 519 g/mol. The number of ether oxygens (including phenoxy) is 1. The average molecular weight is 520 g/mol. The highest BCUT2D eigenvalue weighted by atomic mass is 32.2. The lowest BCUT2D eigenvalue weighted by atomic mass is 10.0. The van der Waals surface area contributed by atoms with Crippen LogP contribution in [0.1, 0.15) is 35.7 Å². The molecule has 1 heterocycles. The summed E-state index contributed by atoms with van der Waals surface area (Å²) in [5.41, 5.74) is 2.60. The fourth-order valence-electron chi connectivity index (χ4n) is 3.61. The molecule has 1 N–H and O–H groups in total. The van der Waals surface area contributed by atoms with Crippen LogP contribution in [0.5, 0.6) is 5.75 Å². The zero-order valence-electron chi connectivity index (χ0n) is 20.1. The summed E-state index contributed by atoms with van der Waals surface area (Å²) in [6.45, 7) is 4.51. The molecule has 1 aromatic heterocycles. The molecule has 0 unspecified atom stereocenters. The highest BCUT2D eigenvalue weighted by Crippen LogP contribution is 2.24. The van der Waals surface area contributed by atoms with E-state index in [0.29, 0.717) is 16.5 Å². The van der Waals surface area contributed by atoms with Gasteiger partial charge in [0.2, 0.25) is 0 Å². The number of hydrogen-bond donors (Lipinski definition) is 1. The molecule has 0 aliphatic heterocycles. The van der Waals surface area contributed by atoms with Gasteiger partial charge < -0.3 is 9.30 Å². The number of aromatic nitrogens is 1. The van der Waals surface area contributed by atoms with E-state index in [4.69, 9.17) is 11.2 Å². The van der Waals surface area contributed by atoms with Crippen molar-refractivity contribution in [3.63, 3.8) is 0 Å². The van der Waals surface area contributed by atoms with E-state index in [9.17, 15) is 13.2 Å². The van der Waals surface area contributed by atoms with Gasteiger partial charge >= 0.3 is 0 Å². The van der Waals surface area contributed by atoms with Crippen LogP contribution >= 0.6 is 11.3 Å². The van der Waals surface area contributed by atoms with E-state index in [1.54, 1.807) is 30.3 Å². The standard InChI is InChI=1S/C27H25N3O4S2/c1-5-15-30-24-14-9-19(18(2)3)17-25(24)35-27(30)28-26(31)20-7-6-8-21(16-20)29-36(32,33)23-12-10-22(34-4)11-13-23/h1,6-14,16-18,29H,15H2,2-4H3. The first kappa shape index (κ1) is 25.2. The van der Waals surface area contributed by atoms with E-state index in [1.807, 2.05) is 10.6 Å². The van der Waals surface area contributed by atoms with Crippen molar-refractivity contribution in [3.05, 3.63) is 82.7 Å². The molecule has 0 spiro atoms. The van der Waals surface area contributed by atoms with Crippen molar-refractivity contribution in [1.29, 1.82) is 0 Å². The minimum atomic E-state index is -3.85. The van der Waals surface area contributed by atoms with E-state index in [-0.39, 0.29) is 22.7 Å². The fourth-order valence-corrected chi connectivity index (χ4v) is 5.74. The van der Waals surface area contributed by atoms with Crippen molar-refractivity contribution < 1.29 is 17.9 Å². The van der Waals surface area contributed by atoms with Crippen LogP contribution in [-0.2, 0) is 16.6 Å². The number of carbonyl (C=O) groups excluding carboxylic acids is 1. The summed E-state index contributed by atoms with van der Waals surface area (Å²) in [5, 5.41) is 0. The molecular formula is C27H25N3O4S2. The van der Waals surface area contributed by atoms with E-state index in [1.165, 1.54) is 42.2 Å². The second kappa shape index (κ2) is 10.4. The molecule has 7 nitrogen and oxygen atoms in total. The Morgan fingerprint density at radius 3 is 2.56 bits per heavy atom. The first-order valence-corrected chi connectivity index (χ1v) is 13.4. The molecular weight excluding hydrogens is 494 g/mol. The summed E-state index contributed by atoms with van der Waals surface area (Å²) in [7, 11) is -2.35. The van der Waals surface area contributed by atoms with Gasteiger partial charge in [-0.05, 0) is 66.1 Å². The van der Waals surface area contributed by atoms with Gasteiger partial charge in [-0.3, -0.25) is 9.52 Å². The normalized spacial score (nSPS) is 12.0. The van der Waals surface area contributed by atoms with Crippen molar-refractivity contribution in [3.8, 4) is 18.1 Å². The number of fused-ring (bicyclic) bond motifs is 1. The number of nitrogens with one attached hydrogen (secondary N) is 1. The minimum Gasteiger partial charge on any atom is -0.497 e. The zero-order valence-corrected chi connectivity index (χ0v) is 21.7. The third-order valence-electron chi connectivity index (χ3n) is 5.55. The van der Waals surface area contributed by atoms with Gasteiger partial charge in [-0.1, -0.05) is 43.2 Å². The van der Waals surface area contributed by atoms with E-state index in [0.717, 1.165) is 10.2 Å². The van der Waals surface area contributed by atoms with E-state index < -0.39 is 15.9 Å². The van der Waals surface area contributed by atoms with Crippen LogP contribution < -0.4 is 14.3 Å². The maximum atomic E-state index is 13.1. The number of thiazole rings is 1. The quantitative estimate of drug-likeness (QED) is 0.348. The molecule has 0 bridgehead atoms. The number of methoxy groups -OCH3 is 1. The van der Waals surface area contributed by atoms with Gasteiger partial charge in [-0.15, -0.1) is 6.42 Å². The van der Waals surface area contributed by atoms with Gasteiger partial charge in [-0.25, -0.2) is 8.42 Å². The third-order valence-corrected chi connectivity index (χ3v) is 7.99. The third kappa shape index (κ3) is 5.35. The molecule has 0 saturated carbocycles. The number of benzene rings is 3. The van der Waals surface area contributed by atoms with Crippen LogP contribution in [0.15, 0.2) is 76.6 Å². The van der Waals surface area contributed by atoms with Crippen LogP contribution in [0.3, 0.4) is 0 Å². The number of terminal acetylenes is 1. The Bertz CT molecular complexity index is 1640. The Balaban J connectivity index is 1.66. The lowest BCUT2D eigenvalue weighted by Gasteiger charge is -2.09. The number of rotatable bonds is 7. The Hall–Kier alpha value is -3.87. The molecule has 1 amide bonds. The van der Waals surface area contributed by atoms with Gasteiger partial charge in [0, 0.05) is 11.3 Å². The number of amides is 1. The molecule has 184 valence electrons. The molecule has 3 aromatic carbocycles. The lowest BCUT2D eigenvalue weighted by Crippen LogP contribution is -2.17. The van der Waals surface area contributed by atoms with Crippen LogP contribution in [0.25, 0.3) is 10.2 Å². The summed E-state index contributed by atoms with van der Waals surface area (Å²) in [5.74, 6) is 3.04. The molecule has 0 aliphatic rings. The van der Waals surface area contributed by atoms with Gasteiger partial charge in [0.25, 0.3) is 15.9 Å². The van der Waals surface area contributed by atoms with Gasteiger partial charge in [0.15, 0.2) is 4.80 Å². The topological polar surface area (TPSA) is 89.8 Å². The average Bonchev–Trinajstić information content (AvgIpc) is 3.20. The van der Waals surface area contributed by atoms with Crippen LogP contribution in [0, 0.1) is 12.3 Å². The second-order valence-electron chi connectivity index (χ2n) is 8.34. The molecule has 4 rings (SSSR count). The van der Waals surface area contributed by atoms with Crippen molar-refractivity contribution in [1.82, 2.24) is 4.57 Å². The molecule has 0 fully saturated rings. The molecule has 0 aliphatic carbocycles. The van der Waals surface area contributed by atoms with Crippen molar-refractivity contribution in [2.75, 3.05) is 11.8 Å².